The van der Waals surface area contributed by atoms with Gasteiger partial charge >= 0.3 is 0 Å². The van der Waals surface area contributed by atoms with E-state index in [1.165, 1.54) is 0 Å². The Morgan fingerprint density at radius 2 is 1.79 bits per heavy atom. The van der Waals surface area contributed by atoms with Gasteiger partial charge in [-0.05, 0) is 48.5 Å². The number of aromatic nitrogens is 2. The maximum Gasteiger partial charge on any atom is 0.251 e. The topological polar surface area (TPSA) is 76.1 Å². The fourth-order valence-corrected chi connectivity index (χ4v) is 2.89. The summed E-state index contributed by atoms with van der Waals surface area (Å²) < 4.78 is 5.59. The minimum atomic E-state index is -0.171. The minimum absolute atomic E-state index is 0.171. The van der Waals surface area contributed by atoms with Gasteiger partial charge in [-0.25, -0.2) is 4.98 Å². The predicted molar refractivity (Wildman–Crippen MR) is 114 cm³/mol. The molecule has 0 saturated heterocycles. The molecule has 0 radical (unpaired) electrons. The first-order valence-corrected chi connectivity index (χ1v) is 9.32. The van der Waals surface area contributed by atoms with Gasteiger partial charge in [0.15, 0.2) is 0 Å². The van der Waals surface area contributed by atoms with Crippen LogP contribution in [0.5, 0.6) is 5.75 Å². The maximum atomic E-state index is 12.4. The highest BCUT2D eigenvalue weighted by molar-refractivity contribution is 5.95. The van der Waals surface area contributed by atoms with Crippen molar-refractivity contribution in [3.63, 3.8) is 0 Å². The Labute approximate surface area is 168 Å². The number of fused-ring (bicyclic) bond motifs is 1. The van der Waals surface area contributed by atoms with E-state index in [4.69, 9.17) is 4.74 Å². The second-order valence-corrected chi connectivity index (χ2v) is 6.38. The summed E-state index contributed by atoms with van der Waals surface area (Å²) in [5.41, 5.74) is 2.34. The van der Waals surface area contributed by atoms with Crippen molar-refractivity contribution in [2.75, 3.05) is 18.5 Å². The number of amides is 1. The zero-order valence-electron chi connectivity index (χ0n) is 15.7. The monoisotopic (exact) mass is 384 g/mol. The number of ether oxygens (including phenoxy) is 1. The molecule has 2 aromatic heterocycles. The number of hydrogen-bond acceptors (Lipinski definition) is 5. The lowest BCUT2D eigenvalue weighted by atomic mass is 10.2. The van der Waals surface area contributed by atoms with Gasteiger partial charge < -0.3 is 15.4 Å². The van der Waals surface area contributed by atoms with Crippen molar-refractivity contribution in [3.8, 4) is 5.75 Å². The summed E-state index contributed by atoms with van der Waals surface area (Å²) in [4.78, 5) is 21.0. The third-order valence-corrected chi connectivity index (χ3v) is 4.30. The zero-order chi connectivity index (χ0) is 19.9. The highest BCUT2D eigenvalue weighted by Gasteiger charge is 2.07. The third-order valence-electron chi connectivity index (χ3n) is 4.30. The molecule has 0 aliphatic heterocycles. The Hall–Kier alpha value is -3.93. The van der Waals surface area contributed by atoms with Gasteiger partial charge in [0, 0.05) is 29.0 Å². The van der Waals surface area contributed by atoms with Crippen LogP contribution in [0.3, 0.4) is 0 Å². The number of hydrogen-bond donors (Lipinski definition) is 2. The molecule has 0 saturated carbocycles. The number of nitrogens with zero attached hydrogens (tertiary/aromatic N) is 2. The molecule has 0 spiro atoms. The summed E-state index contributed by atoms with van der Waals surface area (Å²) in [5.74, 6) is 1.21. The van der Waals surface area contributed by atoms with Gasteiger partial charge in [-0.3, -0.25) is 9.78 Å². The zero-order valence-corrected chi connectivity index (χ0v) is 15.7. The van der Waals surface area contributed by atoms with Gasteiger partial charge in [0.25, 0.3) is 5.91 Å². The van der Waals surface area contributed by atoms with E-state index < -0.39 is 0 Å². The largest absolute Gasteiger partial charge is 0.492 e. The van der Waals surface area contributed by atoms with Gasteiger partial charge in [-0.2, -0.15) is 0 Å². The van der Waals surface area contributed by atoms with Gasteiger partial charge in [-0.15, -0.1) is 0 Å². The van der Waals surface area contributed by atoms with Crippen molar-refractivity contribution in [3.05, 3.63) is 90.8 Å². The molecule has 29 heavy (non-hydrogen) atoms. The second kappa shape index (κ2) is 8.84. The smallest absolute Gasteiger partial charge is 0.251 e. The summed E-state index contributed by atoms with van der Waals surface area (Å²) in [7, 11) is 0. The van der Waals surface area contributed by atoms with E-state index in [1.54, 1.807) is 24.5 Å². The molecule has 0 aliphatic carbocycles. The van der Waals surface area contributed by atoms with Gasteiger partial charge in [0.2, 0.25) is 0 Å². The van der Waals surface area contributed by atoms with Crippen LogP contribution >= 0.6 is 0 Å². The van der Waals surface area contributed by atoms with Gasteiger partial charge in [-0.1, -0.05) is 24.3 Å². The van der Waals surface area contributed by atoms with E-state index in [-0.39, 0.29) is 5.91 Å². The summed E-state index contributed by atoms with van der Waals surface area (Å²) in [5, 5.41) is 7.13. The molecule has 6 nitrogen and oxygen atoms in total. The average molecular weight is 384 g/mol. The number of carbonyl (C=O) groups excluding carboxylic acids is 1. The van der Waals surface area contributed by atoms with Crippen LogP contribution < -0.4 is 15.4 Å². The second-order valence-electron chi connectivity index (χ2n) is 6.38. The van der Waals surface area contributed by atoms with Crippen molar-refractivity contribution >= 4 is 28.3 Å². The number of para-hydroxylation sites is 1. The van der Waals surface area contributed by atoms with Crippen LogP contribution in [0.15, 0.2) is 85.2 Å². The minimum Gasteiger partial charge on any atom is -0.492 e. The van der Waals surface area contributed by atoms with Gasteiger partial charge in [0.05, 0.1) is 12.1 Å². The molecule has 0 unspecified atom stereocenters. The first kappa shape index (κ1) is 18.4. The van der Waals surface area contributed by atoms with E-state index in [9.17, 15) is 4.79 Å². The number of anilines is 2. The predicted octanol–water partition coefficient (Wildman–Crippen LogP) is 4.18. The summed E-state index contributed by atoms with van der Waals surface area (Å²) >= 11 is 0. The van der Waals surface area contributed by atoms with Crippen LogP contribution in [-0.4, -0.2) is 29.0 Å². The molecular weight excluding hydrogens is 364 g/mol. The van der Waals surface area contributed by atoms with Crippen LogP contribution in [0.1, 0.15) is 10.4 Å². The standard InChI is InChI=1S/C23H20N4O2/c28-23(26-13-14-29-20-6-2-1-3-7-20)18-10-12-25-22(16-18)27-19-8-9-21-17(15-19)5-4-11-24-21/h1-12,15-16H,13-14H2,(H,25,27)(H,26,28). The van der Waals surface area contributed by atoms with E-state index in [2.05, 4.69) is 20.6 Å². The number of pyridine rings is 2. The summed E-state index contributed by atoms with van der Waals surface area (Å²) in [6.45, 7) is 0.813. The number of nitrogens with one attached hydrogen (secondary N) is 2. The maximum absolute atomic E-state index is 12.4. The lowest BCUT2D eigenvalue weighted by Gasteiger charge is -2.10. The number of benzene rings is 2. The highest BCUT2D eigenvalue weighted by atomic mass is 16.5. The van der Waals surface area contributed by atoms with Crippen molar-refractivity contribution in [2.24, 2.45) is 0 Å². The molecule has 4 aromatic rings. The van der Waals surface area contributed by atoms with Crippen molar-refractivity contribution in [1.82, 2.24) is 15.3 Å². The molecule has 4 rings (SSSR count). The van der Waals surface area contributed by atoms with E-state index in [0.717, 1.165) is 22.3 Å². The molecule has 6 heteroatoms. The van der Waals surface area contributed by atoms with Crippen LogP contribution in [0, 0.1) is 0 Å². The van der Waals surface area contributed by atoms with Gasteiger partial charge in [0.1, 0.15) is 18.2 Å². The quantitative estimate of drug-likeness (QED) is 0.468. The average Bonchev–Trinajstić information content (AvgIpc) is 2.77. The SMILES string of the molecule is O=C(NCCOc1ccccc1)c1ccnc(Nc2ccc3ncccc3c2)c1. The first-order valence-electron chi connectivity index (χ1n) is 9.32. The fourth-order valence-electron chi connectivity index (χ4n) is 2.89. The summed E-state index contributed by atoms with van der Waals surface area (Å²) in [6.07, 6.45) is 3.38. The van der Waals surface area contributed by atoms with Crippen LogP contribution in [-0.2, 0) is 0 Å². The Kier molecular flexibility index (Phi) is 5.62. The molecule has 0 bridgehead atoms. The molecule has 144 valence electrons. The van der Waals surface area contributed by atoms with Crippen LogP contribution in [0.25, 0.3) is 10.9 Å². The van der Waals surface area contributed by atoms with Crippen LogP contribution in [0.2, 0.25) is 0 Å². The molecule has 0 atom stereocenters. The molecule has 2 N–H and O–H groups in total. The number of rotatable bonds is 7. The number of carbonyl (C=O) groups is 1. The van der Waals surface area contributed by atoms with E-state index in [1.807, 2.05) is 60.7 Å². The third kappa shape index (κ3) is 4.87. The fraction of sp³-hybridized carbons (Fsp3) is 0.0870. The van der Waals surface area contributed by atoms with E-state index in [0.29, 0.717) is 24.5 Å². The lowest BCUT2D eigenvalue weighted by molar-refractivity contribution is 0.0947. The molecule has 0 fully saturated rings. The van der Waals surface area contributed by atoms with Crippen molar-refractivity contribution in [1.29, 1.82) is 0 Å². The molecule has 2 aromatic carbocycles. The Balaban J connectivity index is 1.35. The Bertz CT molecular complexity index is 1120. The highest BCUT2D eigenvalue weighted by Crippen LogP contribution is 2.20. The normalized spacial score (nSPS) is 10.5. The van der Waals surface area contributed by atoms with Crippen molar-refractivity contribution in [2.45, 2.75) is 0 Å². The van der Waals surface area contributed by atoms with E-state index >= 15 is 0 Å². The van der Waals surface area contributed by atoms with Crippen molar-refractivity contribution < 1.29 is 9.53 Å². The van der Waals surface area contributed by atoms with Crippen LogP contribution in [0.4, 0.5) is 11.5 Å². The first-order chi connectivity index (χ1) is 14.3. The summed E-state index contributed by atoms with van der Waals surface area (Å²) in [6, 6.07) is 22.7. The molecule has 0 aliphatic rings. The Morgan fingerprint density at radius 1 is 0.897 bits per heavy atom. The molecular formula is C23H20N4O2. The molecule has 1 amide bonds. The Morgan fingerprint density at radius 3 is 2.69 bits per heavy atom. The lowest BCUT2D eigenvalue weighted by Crippen LogP contribution is -2.28. The molecule has 2 heterocycles.